The third-order valence-electron chi connectivity index (χ3n) is 9.35. The zero-order chi connectivity index (χ0) is 54.6. The number of benzene rings is 4. The highest BCUT2D eigenvalue weighted by Gasteiger charge is 2.32. The van der Waals surface area contributed by atoms with E-state index < -0.39 is 68.1 Å². The molecule has 0 aliphatic heterocycles. The largest absolute Gasteiger partial charge is 0.397 e. The molecule has 0 saturated heterocycles. The van der Waals surface area contributed by atoms with Crippen molar-refractivity contribution in [1.82, 2.24) is 0 Å². The van der Waals surface area contributed by atoms with Gasteiger partial charge in [-0.1, -0.05) is 145 Å². The zero-order valence-electron chi connectivity index (χ0n) is 44.0. The van der Waals surface area contributed by atoms with Gasteiger partial charge in [0.05, 0.1) is 38.6 Å². The summed E-state index contributed by atoms with van der Waals surface area (Å²) in [4.78, 5) is 0.166. The zero-order valence-corrected chi connectivity index (χ0v) is 48.1. The molecule has 0 atom stereocenters. The normalized spacial score (nSPS) is 11.5. The van der Waals surface area contributed by atoms with Crippen molar-refractivity contribution in [2.75, 3.05) is 23.9 Å². The molecule has 398 valence electrons. The molecule has 4 aromatic carbocycles. The van der Waals surface area contributed by atoms with Crippen molar-refractivity contribution in [3.63, 3.8) is 0 Å². The van der Waals surface area contributed by atoms with Gasteiger partial charge in [-0.15, -0.1) is 0 Å². The standard InChI is InChI=1S/C29H38O8S3.C9H12O6S2.2C3H8.3C2H6/c1-6-16-38(30,31)24-13-10-22(11-14-24)19-29(4,5)28-21(3)25-15-12-23(9-7-8-17-39(32,33)34)20(2)26(25)18-27(28)40(35,36)37;1-8-2-4-9(5-3-8)16(10,11)7-6-15-17(12,13)14;2*1-3-2;3*1-2/h10-15,18H,6-9,16-17,19H2,1-5H3,(H,32,33,34)(H,35,36,37);2-5H,6-7H2,1H3,(H,12,13,14);2*3H2,1-2H3;3*1-2H3. The molecule has 3 N–H and O–H groups in total. The second kappa shape index (κ2) is 33.4. The van der Waals surface area contributed by atoms with Crippen LogP contribution < -0.4 is 0 Å². The van der Waals surface area contributed by atoms with E-state index in [0.29, 0.717) is 43.1 Å². The molecular weight excluding hydrogens is 985 g/mol. The van der Waals surface area contributed by atoms with Gasteiger partial charge in [0, 0.05) is 0 Å². The fraction of sp³-hybridized carbons (Fsp3) is 0.560. The average Bonchev–Trinajstić information content (AvgIpc) is 3.25. The van der Waals surface area contributed by atoms with Crippen molar-refractivity contribution >= 4 is 61.1 Å². The third-order valence-corrected chi connectivity index (χ3v) is 15.1. The quantitative estimate of drug-likeness (QED) is 0.0658. The Labute approximate surface area is 418 Å². The fourth-order valence-electron chi connectivity index (χ4n) is 6.64. The van der Waals surface area contributed by atoms with E-state index in [2.05, 4.69) is 31.9 Å². The first-order valence-corrected chi connectivity index (χ1v) is 31.3. The van der Waals surface area contributed by atoms with Crippen LogP contribution in [-0.4, -0.2) is 79.6 Å². The summed E-state index contributed by atoms with van der Waals surface area (Å²) in [5, 5.41) is 1.53. The van der Waals surface area contributed by atoms with E-state index in [1.165, 1.54) is 31.0 Å². The van der Waals surface area contributed by atoms with Crippen molar-refractivity contribution in [2.45, 2.75) is 176 Å². The van der Waals surface area contributed by atoms with Crippen LogP contribution >= 0.6 is 0 Å². The van der Waals surface area contributed by atoms with Crippen molar-refractivity contribution in [2.24, 2.45) is 0 Å². The molecule has 0 fully saturated rings. The number of aryl methyl sites for hydroxylation is 4. The molecular formula is C50H84O14S5. The van der Waals surface area contributed by atoms with Crippen LogP contribution in [0.1, 0.15) is 155 Å². The molecule has 0 radical (unpaired) electrons. The molecule has 4 aromatic rings. The molecule has 69 heavy (non-hydrogen) atoms. The molecule has 14 nitrogen and oxygen atoms in total. The van der Waals surface area contributed by atoms with Crippen LogP contribution in [0.4, 0.5) is 0 Å². The van der Waals surface area contributed by atoms with E-state index >= 15 is 0 Å². The van der Waals surface area contributed by atoms with E-state index in [0.717, 1.165) is 33.2 Å². The SMILES string of the molecule is CC.CC.CC.CCC.CCC.CCCS(=O)(=O)c1ccc(CC(C)(C)c2c(S(=O)(=O)O)cc3c(C)c(CCCCS(=O)(=O)O)ccc3c2C)cc1.Cc1ccc(S(=O)(=O)CCOS(=O)(=O)O)cc1. The summed E-state index contributed by atoms with van der Waals surface area (Å²) < 4.78 is 148. The number of sulfone groups is 2. The predicted octanol–water partition coefficient (Wildman–Crippen LogP) is 12.1. The maximum absolute atomic E-state index is 12.7. The second-order valence-electron chi connectivity index (χ2n) is 15.9. The van der Waals surface area contributed by atoms with Crippen LogP contribution in [0.15, 0.2) is 81.4 Å². The molecule has 0 saturated carbocycles. The van der Waals surface area contributed by atoms with Gasteiger partial charge in [0.1, 0.15) is 0 Å². The molecule has 0 aromatic heterocycles. The van der Waals surface area contributed by atoms with Crippen molar-refractivity contribution in [3.8, 4) is 0 Å². The Morgan fingerprint density at radius 1 is 0.551 bits per heavy atom. The van der Waals surface area contributed by atoms with E-state index in [1.54, 1.807) is 36.4 Å². The van der Waals surface area contributed by atoms with Crippen LogP contribution in [0.25, 0.3) is 10.8 Å². The van der Waals surface area contributed by atoms with Crippen LogP contribution in [0.2, 0.25) is 0 Å². The molecule has 4 rings (SSSR count). The van der Waals surface area contributed by atoms with Crippen LogP contribution in [0.5, 0.6) is 0 Å². The first kappa shape index (κ1) is 70.0. The Bertz CT molecular complexity index is 2660. The molecule has 0 heterocycles. The Morgan fingerprint density at radius 2 is 1.00 bits per heavy atom. The van der Waals surface area contributed by atoms with Gasteiger partial charge in [-0.3, -0.25) is 13.7 Å². The van der Waals surface area contributed by atoms with Crippen LogP contribution in [0, 0.1) is 20.8 Å². The average molecular weight is 1070 g/mol. The van der Waals surface area contributed by atoms with Gasteiger partial charge in [-0.05, 0) is 127 Å². The van der Waals surface area contributed by atoms with Gasteiger partial charge in [0.25, 0.3) is 20.2 Å². The highest BCUT2D eigenvalue weighted by Crippen LogP contribution is 2.40. The third kappa shape index (κ3) is 26.1. The van der Waals surface area contributed by atoms with E-state index in [9.17, 15) is 46.6 Å². The highest BCUT2D eigenvalue weighted by molar-refractivity contribution is 7.91. The number of hydrogen-bond acceptors (Lipinski definition) is 11. The van der Waals surface area contributed by atoms with Gasteiger partial charge in [0.15, 0.2) is 19.7 Å². The molecule has 0 spiro atoms. The Kier molecular flexibility index (Phi) is 33.9. The molecule has 0 aliphatic carbocycles. The first-order chi connectivity index (χ1) is 31.9. The van der Waals surface area contributed by atoms with E-state index in [1.807, 2.05) is 95.2 Å². The number of rotatable bonds is 17. The summed E-state index contributed by atoms with van der Waals surface area (Å²) in [6.07, 6.45) is 4.80. The van der Waals surface area contributed by atoms with Crippen LogP contribution in [-0.2, 0) is 72.7 Å². The van der Waals surface area contributed by atoms with E-state index in [4.69, 9.17) is 9.11 Å². The summed E-state index contributed by atoms with van der Waals surface area (Å²) >= 11 is 0. The second-order valence-corrected chi connectivity index (χ2v) is 24.1. The molecule has 0 bridgehead atoms. The lowest BCUT2D eigenvalue weighted by molar-refractivity contribution is 0.284. The van der Waals surface area contributed by atoms with E-state index in [-0.39, 0.29) is 26.2 Å². The maximum atomic E-state index is 12.7. The monoisotopic (exact) mass is 1070 g/mol. The smallest absolute Gasteiger partial charge is 0.286 e. The molecule has 19 heteroatoms. The minimum absolute atomic E-state index is 0.0670. The molecule has 0 aliphatic rings. The fourth-order valence-corrected chi connectivity index (χ4v) is 11.0. The Balaban J connectivity index is -0.00000124. The van der Waals surface area contributed by atoms with Gasteiger partial charge in [-0.2, -0.15) is 25.3 Å². The first-order valence-electron chi connectivity index (χ1n) is 23.6. The van der Waals surface area contributed by atoms with Crippen molar-refractivity contribution < 1.29 is 59.9 Å². The number of fused-ring (bicyclic) bond motifs is 1. The number of unbranched alkanes of at least 4 members (excludes halogenated alkanes) is 1. The van der Waals surface area contributed by atoms with Crippen molar-refractivity contribution in [3.05, 3.63) is 100 Å². The minimum Gasteiger partial charge on any atom is -0.286 e. The topological polar surface area (TPSA) is 241 Å². The van der Waals surface area contributed by atoms with Crippen LogP contribution in [0.3, 0.4) is 0 Å². The predicted molar refractivity (Wildman–Crippen MR) is 285 cm³/mol. The Hall–Kier alpha value is -3.27. The summed E-state index contributed by atoms with van der Waals surface area (Å²) in [7, 11) is -20.2. The lowest BCUT2D eigenvalue weighted by atomic mass is 9.76. The van der Waals surface area contributed by atoms with Gasteiger partial charge < -0.3 is 0 Å². The lowest BCUT2D eigenvalue weighted by Gasteiger charge is -2.30. The summed E-state index contributed by atoms with van der Waals surface area (Å²) in [6, 6.07) is 18.1. The minimum atomic E-state index is -4.60. The number of hydrogen-bond donors (Lipinski definition) is 3. The summed E-state index contributed by atoms with van der Waals surface area (Å²) in [6.45, 7) is 31.0. The Morgan fingerprint density at radius 3 is 1.42 bits per heavy atom. The maximum Gasteiger partial charge on any atom is 0.397 e. The molecule has 0 unspecified atom stereocenters. The highest BCUT2D eigenvalue weighted by atomic mass is 32.3. The van der Waals surface area contributed by atoms with Gasteiger partial charge in [-0.25, -0.2) is 21.0 Å². The van der Waals surface area contributed by atoms with Crippen molar-refractivity contribution in [1.29, 1.82) is 0 Å². The van der Waals surface area contributed by atoms with Gasteiger partial charge in [0.2, 0.25) is 0 Å². The summed E-state index contributed by atoms with van der Waals surface area (Å²) in [5.41, 5.74) is 3.98. The van der Waals surface area contributed by atoms with Gasteiger partial charge >= 0.3 is 10.4 Å². The summed E-state index contributed by atoms with van der Waals surface area (Å²) in [5.74, 6) is -0.769. The lowest BCUT2D eigenvalue weighted by Crippen LogP contribution is -2.25. The molecule has 0 amide bonds.